The van der Waals surface area contributed by atoms with Crippen LogP contribution in [0.4, 0.5) is 11.4 Å². The summed E-state index contributed by atoms with van der Waals surface area (Å²) in [6.45, 7) is 2.92. The summed E-state index contributed by atoms with van der Waals surface area (Å²) in [5, 5.41) is 15.6. The van der Waals surface area contributed by atoms with Crippen molar-refractivity contribution in [1.29, 1.82) is 0 Å². The van der Waals surface area contributed by atoms with Crippen molar-refractivity contribution in [2.45, 2.75) is 95.5 Å². The van der Waals surface area contributed by atoms with Gasteiger partial charge in [-0.15, -0.1) is 0 Å². The van der Waals surface area contributed by atoms with E-state index in [9.17, 15) is 19.5 Å². The van der Waals surface area contributed by atoms with Crippen LogP contribution < -0.4 is 22.1 Å². The molecule has 0 radical (unpaired) electrons. The molecule has 2 fully saturated rings. The van der Waals surface area contributed by atoms with E-state index in [1.807, 2.05) is 77.4 Å². The fourth-order valence-corrected chi connectivity index (χ4v) is 8.85. The number of likely N-dealkylation sites (tertiary alicyclic amines) is 1. The van der Waals surface area contributed by atoms with Gasteiger partial charge in [-0.05, 0) is 83.8 Å². The molecule has 63 heavy (non-hydrogen) atoms. The number of piperidine rings is 1. The van der Waals surface area contributed by atoms with Crippen LogP contribution in [-0.4, -0.2) is 57.1 Å². The largest absolute Gasteiger partial charge is 0.397 e. The van der Waals surface area contributed by atoms with Crippen LogP contribution in [0.2, 0.25) is 0 Å². The number of para-hydroxylation sites is 4. The maximum absolute atomic E-state index is 12.9. The monoisotopic (exact) mass is 850 g/mol. The zero-order valence-corrected chi connectivity index (χ0v) is 35.7. The van der Waals surface area contributed by atoms with Crippen LogP contribution in [0.5, 0.6) is 0 Å². The second kappa shape index (κ2) is 20.9. The maximum Gasteiger partial charge on any atom is 0.326 e. The van der Waals surface area contributed by atoms with E-state index in [2.05, 4.69) is 56.9 Å². The van der Waals surface area contributed by atoms with Gasteiger partial charge in [0.1, 0.15) is 0 Å². The standard InChI is InChI=1S/C51H58N6O6/c52-43-12-5-6-13-44(43)54-49(60)17-4-2-1-3-16-48(59)53-32-36-10-9-11-40(30-36)37-22-24-39(25-23-37)50-62-42(31-47(63-50)38-20-18-35(34-58)19-21-38)33-56-28-26-41(27-29-56)57-46-15-8-7-14-45(46)55-51(57)61/h5-15,18-25,30,41-42,47,50,58H,1-4,16-17,26-29,31-34,52H2,(H,53,59)(H,54,60)(H,55,61)/t42-,47+,50+/m1/s1. The molecule has 5 aromatic carbocycles. The number of hydrogen-bond acceptors (Lipinski definition) is 8. The lowest BCUT2D eigenvalue weighted by Gasteiger charge is -2.40. The van der Waals surface area contributed by atoms with E-state index >= 15 is 0 Å². The highest BCUT2D eigenvalue weighted by molar-refractivity contribution is 5.93. The van der Waals surface area contributed by atoms with E-state index in [4.69, 9.17) is 15.2 Å². The van der Waals surface area contributed by atoms with Crippen molar-refractivity contribution in [3.63, 3.8) is 0 Å². The Labute approximate surface area is 368 Å². The van der Waals surface area contributed by atoms with E-state index in [-0.39, 0.29) is 42.4 Å². The van der Waals surface area contributed by atoms with Crippen molar-refractivity contribution in [1.82, 2.24) is 19.8 Å². The van der Waals surface area contributed by atoms with E-state index in [1.54, 1.807) is 12.1 Å². The van der Waals surface area contributed by atoms with Crippen molar-refractivity contribution in [2.24, 2.45) is 0 Å². The van der Waals surface area contributed by atoms with Gasteiger partial charge in [-0.2, -0.15) is 0 Å². The van der Waals surface area contributed by atoms with Crippen molar-refractivity contribution >= 4 is 34.2 Å². The minimum atomic E-state index is -0.566. The number of carbonyl (C=O) groups is 2. The number of aliphatic hydroxyl groups is 1. The van der Waals surface area contributed by atoms with Crippen LogP contribution in [0, 0.1) is 0 Å². The summed E-state index contributed by atoms with van der Waals surface area (Å²) >= 11 is 0. The molecule has 1 aromatic heterocycles. The van der Waals surface area contributed by atoms with Gasteiger partial charge in [-0.3, -0.25) is 14.2 Å². The predicted octanol–water partition coefficient (Wildman–Crippen LogP) is 8.55. The fraction of sp³-hybridized carbons (Fsp3) is 0.353. The van der Waals surface area contributed by atoms with Gasteiger partial charge in [0.15, 0.2) is 6.29 Å². The number of imidazole rings is 1. The summed E-state index contributed by atoms with van der Waals surface area (Å²) < 4.78 is 15.3. The molecule has 0 spiro atoms. The van der Waals surface area contributed by atoms with Gasteiger partial charge in [0, 0.05) is 57.0 Å². The maximum atomic E-state index is 12.9. The number of nitrogens with zero attached hydrogens (tertiary/aromatic N) is 2. The van der Waals surface area contributed by atoms with Crippen LogP contribution in [0.1, 0.15) is 98.5 Å². The number of amides is 2. The molecule has 12 nitrogen and oxygen atoms in total. The van der Waals surface area contributed by atoms with Gasteiger partial charge in [0.25, 0.3) is 0 Å². The van der Waals surface area contributed by atoms with E-state index in [0.29, 0.717) is 37.2 Å². The van der Waals surface area contributed by atoms with Crippen LogP contribution in [0.3, 0.4) is 0 Å². The number of aromatic nitrogens is 2. The quantitative estimate of drug-likeness (QED) is 0.0450. The van der Waals surface area contributed by atoms with Crippen LogP contribution in [-0.2, 0) is 32.2 Å². The predicted molar refractivity (Wildman–Crippen MR) is 247 cm³/mol. The molecule has 2 aliphatic heterocycles. The smallest absolute Gasteiger partial charge is 0.326 e. The van der Waals surface area contributed by atoms with Crippen molar-refractivity contribution < 1.29 is 24.2 Å². The van der Waals surface area contributed by atoms with Crippen molar-refractivity contribution in [2.75, 3.05) is 30.7 Å². The number of nitrogens with one attached hydrogen (secondary N) is 3. The number of hydrogen-bond donors (Lipinski definition) is 5. The molecule has 0 bridgehead atoms. The highest BCUT2D eigenvalue weighted by Gasteiger charge is 2.34. The third-order valence-corrected chi connectivity index (χ3v) is 12.3. The van der Waals surface area contributed by atoms with Crippen molar-refractivity contribution in [3.8, 4) is 11.1 Å². The Hall–Kier alpha value is -6.05. The Morgan fingerprint density at radius 2 is 1.46 bits per heavy atom. The average Bonchev–Trinajstić information content (AvgIpc) is 3.66. The molecule has 2 aliphatic rings. The lowest BCUT2D eigenvalue weighted by molar-refractivity contribution is -0.253. The van der Waals surface area contributed by atoms with Gasteiger partial charge in [-0.25, -0.2) is 4.79 Å². The number of H-pyrrole nitrogens is 1. The molecule has 328 valence electrons. The molecule has 2 amide bonds. The Bertz CT molecular complexity index is 2510. The number of rotatable bonds is 17. The summed E-state index contributed by atoms with van der Waals surface area (Å²) in [5.41, 5.74) is 14.8. The molecule has 0 aliphatic carbocycles. The lowest BCUT2D eigenvalue weighted by atomic mass is 9.98. The molecule has 3 heterocycles. The molecular formula is C51H58N6O6. The molecular weight excluding hydrogens is 793 g/mol. The number of benzene rings is 5. The first-order valence-corrected chi connectivity index (χ1v) is 22.3. The third kappa shape index (κ3) is 11.3. The summed E-state index contributed by atoms with van der Waals surface area (Å²) in [6.07, 6.45) is 5.78. The van der Waals surface area contributed by atoms with E-state index in [1.165, 1.54) is 0 Å². The molecule has 0 unspecified atom stereocenters. The number of unbranched alkanes of at least 4 members (excludes halogenated alkanes) is 3. The number of carbonyl (C=O) groups excluding carboxylic acids is 2. The number of ether oxygens (including phenoxy) is 2. The zero-order valence-electron chi connectivity index (χ0n) is 35.7. The zero-order chi connectivity index (χ0) is 43.5. The third-order valence-electron chi connectivity index (χ3n) is 12.3. The Morgan fingerprint density at radius 1 is 0.746 bits per heavy atom. The summed E-state index contributed by atoms with van der Waals surface area (Å²) in [4.78, 5) is 43.3. The summed E-state index contributed by atoms with van der Waals surface area (Å²) in [7, 11) is 0. The Morgan fingerprint density at radius 3 is 2.22 bits per heavy atom. The molecule has 8 rings (SSSR count). The molecule has 6 N–H and O–H groups in total. The SMILES string of the molecule is Nc1ccccc1NC(=O)CCCCCCC(=O)NCc1cccc(-c2ccc([C@H]3O[C@@H](CN4CCC(n5c(=O)[nH]c6ccccc65)CC4)C[C@@H](c4ccc(CO)cc4)O3)cc2)c1. The fourth-order valence-electron chi connectivity index (χ4n) is 8.85. The van der Waals surface area contributed by atoms with E-state index in [0.717, 1.165) is 103 Å². The molecule has 12 heteroatoms. The van der Waals surface area contributed by atoms with Crippen LogP contribution in [0.15, 0.2) is 126 Å². The number of aliphatic hydroxyl groups excluding tert-OH is 1. The second-order valence-corrected chi connectivity index (χ2v) is 16.8. The normalized spacial score (nSPS) is 18.3. The van der Waals surface area contributed by atoms with Crippen LogP contribution in [0.25, 0.3) is 22.2 Å². The van der Waals surface area contributed by atoms with E-state index < -0.39 is 6.29 Å². The topological polar surface area (TPSA) is 164 Å². The number of fused-ring (bicyclic) bond motifs is 1. The summed E-state index contributed by atoms with van der Waals surface area (Å²) in [6, 6.07) is 39.8. The minimum Gasteiger partial charge on any atom is -0.397 e. The van der Waals surface area contributed by atoms with Crippen LogP contribution >= 0.6 is 0 Å². The molecule has 6 aromatic rings. The van der Waals surface area contributed by atoms with Gasteiger partial charge < -0.3 is 40.8 Å². The first-order chi connectivity index (χ1) is 30.8. The van der Waals surface area contributed by atoms with Gasteiger partial charge in [-0.1, -0.05) is 104 Å². The number of nitrogens with two attached hydrogens (primary N) is 1. The van der Waals surface area contributed by atoms with Gasteiger partial charge >= 0.3 is 5.69 Å². The highest BCUT2D eigenvalue weighted by atomic mass is 16.7. The van der Waals surface area contributed by atoms with Gasteiger partial charge in [0.05, 0.1) is 41.2 Å². The lowest BCUT2D eigenvalue weighted by Crippen LogP contribution is -2.43. The average molecular weight is 851 g/mol. The highest BCUT2D eigenvalue weighted by Crippen LogP contribution is 2.39. The van der Waals surface area contributed by atoms with Gasteiger partial charge in [0.2, 0.25) is 11.8 Å². The first kappa shape index (κ1) is 43.6. The van der Waals surface area contributed by atoms with Crippen molar-refractivity contribution in [3.05, 3.63) is 154 Å². The first-order valence-electron chi connectivity index (χ1n) is 22.3. The molecule has 3 atom stereocenters. The Balaban J connectivity index is 0.830. The number of aromatic amines is 1. The number of nitrogen functional groups attached to an aromatic ring is 1. The minimum absolute atomic E-state index is 0.0110. The summed E-state index contributed by atoms with van der Waals surface area (Å²) in [5.74, 6) is -0.0365. The number of anilines is 2. The Kier molecular flexibility index (Phi) is 14.4. The molecule has 0 saturated carbocycles. The second-order valence-electron chi connectivity index (χ2n) is 16.8. The molecule has 2 saturated heterocycles.